The molecular formula is C16H19N3O. The molecule has 1 aromatic carbocycles. The molecular weight excluding hydrogens is 250 g/mol. The normalized spacial score (nSPS) is 14.6. The van der Waals surface area contributed by atoms with Crippen LogP contribution in [0.2, 0.25) is 0 Å². The molecule has 0 aliphatic carbocycles. The fraction of sp³-hybridized carbons (Fsp3) is 0.312. The van der Waals surface area contributed by atoms with E-state index in [4.69, 9.17) is 4.74 Å². The van der Waals surface area contributed by atoms with Crippen molar-refractivity contribution >= 4 is 5.69 Å². The molecule has 1 N–H and O–H groups in total. The molecule has 20 heavy (non-hydrogen) atoms. The first-order valence-corrected chi connectivity index (χ1v) is 6.90. The van der Waals surface area contributed by atoms with Crippen molar-refractivity contribution < 1.29 is 4.74 Å². The molecule has 0 unspecified atom stereocenters. The molecule has 0 saturated carbocycles. The average molecular weight is 269 g/mol. The SMILES string of the molecule is COc1ncccc1CN1CCNCc2ccccc21. The molecule has 3 rings (SSSR count). The number of hydrogen-bond donors (Lipinski definition) is 1. The van der Waals surface area contributed by atoms with Crippen molar-refractivity contribution in [3.63, 3.8) is 0 Å². The van der Waals surface area contributed by atoms with Crippen LogP contribution in [0.1, 0.15) is 11.1 Å². The smallest absolute Gasteiger partial charge is 0.218 e. The highest BCUT2D eigenvalue weighted by Gasteiger charge is 2.16. The van der Waals surface area contributed by atoms with E-state index in [0.717, 1.165) is 31.7 Å². The van der Waals surface area contributed by atoms with Crippen molar-refractivity contribution in [1.29, 1.82) is 0 Å². The molecule has 2 aromatic rings. The Morgan fingerprint density at radius 1 is 1.25 bits per heavy atom. The van der Waals surface area contributed by atoms with Crippen molar-refractivity contribution in [2.75, 3.05) is 25.1 Å². The van der Waals surface area contributed by atoms with Gasteiger partial charge in [-0.1, -0.05) is 24.3 Å². The number of hydrogen-bond acceptors (Lipinski definition) is 4. The summed E-state index contributed by atoms with van der Waals surface area (Å²) in [6.45, 7) is 3.71. The number of nitrogens with one attached hydrogen (secondary N) is 1. The van der Waals surface area contributed by atoms with E-state index in [2.05, 4.69) is 45.5 Å². The first kappa shape index (κ1) is 12.9. The highest BCUT2D eigenvalue weighted by Crippen LogP contribution is 2.25. The van der Waals surface area contributed by atoms with Gasteiger partial charge < -0.3 is 15.0 Å². The zero-order valence-electron chi connectivity index (χ0n) is 11.7. The predicted molar refractivity (Wildman–Crippen MR) is 80.0 cm³/mol. The molecule has 1 aliphatic heterocycles. The molecule has 2 heterocycles. The number of pyridine rings is 1. The Kier molecular flexibility index (Phi) is 3.83. The Balaban J connectivity index is 1.90. The van der Waals surface area contributed by atoms with Crippen molar-refractivity contribution in [3.05, 3.63) is 53.7 Å². The maximum Gasteiger partial charge on any atom is 0.218 e. The van der Waals surface area contributed by atoms with Gasteiger partial charge in [0.2, 0.25) is 5.88 Å². The Morgan fingerprint density at radius 3 is 3.05 bits per heavy atom. The summed E-state index contributed by atoms with van der Waals surface area (Å²) in [5, 5.41) is 3.46. The van der Waals surface area contributed by atoms with Gasteiger partial charge in [0.15, 0.2) is 0 Å². The van der Waals surface area contributed by atoms with E-state index in [1.54, 1.807) is 13.3 Å². The van der Waals surface area contributed by atoms with Gasteiger partial charge in [-0.15, -0.1) is 0 Å². The maximum atomic E-state index is 5.35. The van der Waals surface area contributed by atoms with Gasteiger partial charge in [0, 0.05) is 43.6 Å². The van der Waals surface area contributed by atoms with Crippen LogP contribution in [0.15, 0.2) is 42.6 Å². The van der Waals surface area contributed by atoms with Gasteiger partial charge in [0.05, 0.1) is 7.11 Å². The first-order chi connectivity index (χ1) is 9.88. The lowest BCUT2D eigenvalue weighted by Crippen LogP contribution is -2.28. The zero-order chi connectivity index (χ0) is 13.8. The number of anilines is 1. The molecule has 104 valence electrons. The lowest BCUT2D eigenvalue weighted by atomic mass is 10.1. The number of fused-ring (bicyclic) bond motifs is 1. The topological polar surface area (TPSA) is 37.4 Å². The second-order valence-corrected chi connectivity index (χ2v) is 4.90. The number of rotatable bonds is 3. The number of benzene rings is 1. The summed E-state index contributed by atoms with van der Waals surface area (Å²) in [4.78, 5) is 6.66. The minimum Gasteiger partial charge on any atom is -0.481 e. The summed E-state index contributed by atoms with van der Waals surface area (Å²) in [7, 11) is 1.67. The molecule has 0 bridgehead atoms. The molecule has 1 aromatic heterocycles. The van der Waals surface area contributed by atoms with Gasteiger partial charge in [-0.3, -0.25) is 0 Å². The van der Waals surface area contributed by atoms with Crippen LogP contribution in [0.5, 0.6) is 5.88 Å². The third kappa shape index (κ3) is 2.60. The summed E-state index contributed by atoms with van der Waals surface area (Å²) in [5.41, 5.74) is 3.75. The predicted octanol–water partition coefficient (Wildman–Crippen LogP) is 2.20. The molecule has 0 fully saturated rings. The van der Waals surface area contributed by atoms with Crippen molar-refractivity contribution in [3.8, 4) is 5.88 Å². The number of methoxy groups -OCH3 is 1. The summed E-state index contributed by atoms with van der Waals surface area (Å²) < 4.78 is 5.35. The largest absolute Gasteiger partial charge is 0.481 e. The Hall–Kier alpha value is -2.07. The summed E-state index contributed by atoms with van der Waals surface area (Å²) in [6, 6.07) is 12.6. The summed E-state index contributed by atoms with van der Waals surface area (Å²) >= 11 is 0. The summed E-state index contributed by atoms with van der Waals surface area (Å²) in [5.74, 6) is 0.710. The lowest BCUT2D eigenvalue weighted by molar-refractivity contribution is 0.392. The number of aromatic nitrogens is 1. The van der Waals surface area contributed by atoms with Crippen molar-refractivity contribution in [1.82, 2.24) is 10.3 Å². The Bertz CT molecular complexity index is 585. The number of para-hydroxylation sites is 1. The minimum atomic E-state index is 0.710. The highest BCUT2D eigenvalue weighted by atomic mass is 16.5. The van der Waals surface area contributed by atoms with E-state index in [9.17, 15) is 0 Å². The van der Waals surface area contributed by atoms with Gasteiger partial charge in [-0.25, -0.2) is 4.98 Å². The van der Waals surface area contributed by atoms with E-state index in [0.29, 0.717) is 5.88 Å². The second kappa shape index (κ2) is 5.92. The first-order valence-electron chi connectivity index (χ1n) is 6.90. The van der Waals surface area contributed by atoms with Crippen LogP contribution < -0.4 is 15.0 Å². The van der Waals surface area contributed by atoms with Crippen molar-refractivity contribution in [2.24, 2.45) is 0 Å². The molecule has 0 amide bonds. The standard InChI is InChI=1S/C16H19N3O/c1-20-16-14(6-4-8-18-16)12-19-10-9-17-11-13-5-2-3-7-15(13)19/h2-8,17H,9-12H2,1H3. The Labute approximate surface area is 119 Å². The third-order valence-electron chi connectivity index (χ3n) is 3.61. The average Bonchev–Trinajstić information content (AvgIpc) is 2.71. The number of nitrogens with zero attached hydrogens (tertiary/aromatic N) is 2. The van der Waals surface area contributed by atoms with E-state index in [1.165, 1.54) is 11.3 Å². The van der Waals surface area contributed by atoms with Crippen LogP contribution in [0.3, 0.4) is 0 Å². The van der Waals surface area contributed by atoms with E-state index < -0.39 is 0 Å². The molecule has 4 heteroatoms. The van der Waals surface area contributed by atoms with Gasteiger partial charge in [0.1, 0.15) is 0 Å². The fourth-order valence-corrected chi connectivity index (χ4v) is 2.62. The molecule has 0 atom stereocenters. The van der Waals surface area contributed by atoms with Crippen LogP contribution in [-0.2, 0) is 13.1 Å². The van der Waals surface area contributed by atoms with Crippen LogP contribution in [0.25, 0.3) is 0 Å². The highest BCUT2D eigenvalue weighted by molar-refractivity contribution is 5.55. The third-order valence-corrected chi connectivity index (χ3v) is 3.61. The maximum absolute atomic E-state index is 5.35. The lowest BCUT2D eigenvalue weighted by Gasteiger charge is -2.25. The van der Waals surface area contributed by atoms with Crippen LogP contribution in [0.4, 0.5) is 5.69 Å². The monoisotopic (exact) mass is 269 g/mol. The van der Waals surface area contributed by atoms with Gasteiger partial charge in [0.25, 0.3) is 0 Å². The molecule has 0 spiro atoms. The van der Waals surface area contributed by atoms with Crippen molar-refractivity contribution in [2.45, 2.75) is 13.1 Å². The quantitative estimate of drug-likeness (QED) is 0.927. The van der Waals surface area contributed by atoms with Gasteiger partial charge in [-0.05, 0) is 17.7 Å². The van der Waals surface area contributed by atoms with E-state index in [1.807, 2.05) is 6.07 Å². The fourth-order valence-electron chi connectivity index (χ4n) is 2.62. The summed E-state index contributed by atoms with van der Waals surface area (Å²) in [6.07, 6.45) is 1.76. The Morgan fingerprint density at radius 2 is 2.15 bits per heavy atom. The van der Waals surface area contributed by atoms with Crippen LogP contribution in [0, 0.1) is 0 Å². The molecule has 1 aliphatic rings. The molecule has 4 nitrogen and oxygen atoms in total. The second-order valence-electron chi connectivity index (χ2n) is 4.90. The number of ether oxygens (including phenoxy) is 1. The van der Waals surface area contributed by atoms with Crippen LogP contribution in [-0.4, -0.2) is 25.2 Å². The van der Waals surface area contributed by atoms with E-state index in [-0.39, 0.29) is 0 Å². The molecule has 0 radical (unpaired) electrons. The van der Waals surface area contributed by atoms with E-state index >= 15 is 0 Å². The minimum absolute atomic E-state index is 0.710. The molecule has 0 saturated heterocycles. The zero-order valence-corrected chi connectivity index (χ0v) is 11.7. The van der Waals surface area contributed by atoms with Gasteiger partial charge in [-0.2, -0.15) is 0 Å². The van der Waals surface area contributed by atoms with Gasteiger partial charge >= 0.3 is 0 Å². The van der Waals surface area contributed by atoms with Crippen LogP contribution >= 0.6 is 0 Å².